The first kappa shape index (κ1) is 14.9. The van der Waals surface area contributed by atoms with Crippen LogP contribution in [0.1, 0.15) is 39.2 Å². The van der Waals surface area contributed by atoms with Gasteiger partial charge in [-0.05, 0) is 48.9 Å². The van der Waals surface area contributed by atoms with Crippen LogP contribution in [0.3, 0.4) is 0 Å². The highest BCUT2D eigenvalue weighted by Gasteiger charge is 2.27. The van der Waals surface area contributed by atoms with Crippen LogP contribution in [0.4, 0.5) is 5.69 Å². The maximum absolute atomic E-state index is 12.2. The number of anilines is 1. The number of hydrogen-bond acceptors (Lipinski definition) is 4. The van der Waals surface area contributed by atoms with E-state index in [1.165, 1.54) is 17.5 Å². The SMILES string of the molecule is CSC1CCCC1Nc1cnn(C(C)C)c(=O)c1Br. The third kappa shape index (κ3) is 3.16. The minimum atomic E-state index is -0.0706. The van der Waals surface area contributed by atoms with Crippen molar-refractivity contribution in [2.75, 3.05) is 11.6 Å². The lowest BCUT2D eigenvalue weighted by Crippen LogP contribution is -2.30. The first-order chi connectivity index (χ1) is 9.04. The lowest BCUT2D eigenvalue weighted by atomic mass is 10.2. The van der Waals surface area contributed by atoms with E-state index in [0.717, 1.165) is 12.1 Å². The van der Waals surface area contributed by atoms with Crippen molar-refractivity contribution in [1.29, 1.82) is 0 Å². The molecule has 2 atom stereocenters. The molecule has 0 amide bonds. The molecular weight excluding hydrogens is 326 g/mol. The average Bonchev–Trinajstić information content (AvgIpc) is 2.82. The van der Waals surface area contributed by atoms with Gasteiger partial charge in [-0.1, -0.05) is 6.42 Å². The zero-order valence-corrected chi connectivity index (χ0v) is 13.9. The van der Waals surface area contributed by atoms with E-state index in [1.807, 2.05) is 25.6 Å². The van der Waals surface area contributed by atoms with Crippen LogP contribution < -0.4 is 10.9 Å². The van der Waals surface area contributed by atoms with E-state index in [1.54, 1.807) is 6.20 Å². The highest BCUT2D eigenvalue weighted by Crippen LogP contribution is 2.31. The minimum absolute atomic E-state index is 0.0706. The smallest absolute Gasteiger partial charge is 0.283 e. The van der Waals surface area contributed by atoms with E-state index in [9.17, 15) is 4.79 Å². The molecule has 1 aromatic rings. The molecule has 0 aromatic carbocycles. The van der Waals surface area contributed by atoms with Crippen LogP contribution in [0.5, 0.6) is 0 Å². The maximum Gasteiger partial charge on any atom is 0.283 e. The van der Waals surface area contributed by atoms with E-state index >= 15 is 0 Å². The molecule has 1 heterocycles. The number of nitrogens with one attached hydrogen (secondary N) is 1. The molecule has 2 unspecified atom stereocenters. The predicted molar refractivity (Wildman–Crippen MR) is 85.1 cm³/mol. The molecule has 1 fully saturated rings. The molecule has 1 saturated carbocycles. The topological polar surface area (TPSA) is 46.9 Å². The first-order valence-electron chi connectivity index (χ1n) is 6.61. The van der Waals surface area contributed by atoms with E-state index in [-0.39, 0.29) is 11.6 Å². The van der Waals surface area contributed by atoms with Crippen molar-refractivity contribution in [1.82, 2.24) is 9.78 Å². The molecule has 106 valence electrons. The Morgan fingerprint density at radius 1 is 1.53 bits per heavy atom. The van der Waals surface area contributed by atoms with Gasteiger partial charge in [-0.3, -0.25) is 4.79 Å². The number of hydrogen-bond donors (Lipinski definition) is 1. The molecule has 4 nitrogen and oxygen atoms in total. The molecule has 0 spiro atoms. The summed E-state index contributed by atoms with van der Waals surface area (Å²) in [5, 5.41) is 8.33. The van der Waals surface area contributed by atoms with Crippen molar-refractivity contribution in [3.05, 3.63) is 21.0 Å². The van der Waals surface area contributed by atoms with Crippen molar-refractivity contribution in [2.24, 2.45) is 0 Å². The van der Waals surface area contributed by atoms with Gasteiger partial charge < -0.3 is 5.32 Å². The van der Waals surface area contributed by atoms with Crippen LogP contribution >= 0.6 is 27.7 Å². The summed E-state index contributed by atoms with van der Waals surface area (Å²) in [6.45, 7) is 3.91. The van der Waals surface area contributed by atoms with Crippen molar-refractivity contribution < 1.29 is 0 Å². The van der Waals surface area contributed by atoms with E-state index in [4.69, 9.17) is 0 Å². The highest BCUT2D eigenvalue weighted by atomic mass is 79.9. The van der Waals surface area contributed by atoms with Gasteiger partial charge in [-0.15, -0.1) is 0 Å². The first-order valence-corrected chi connectivity index (χ1v) is 8.69. The standard InChI is InChI=1S/C13H20BrN3OS/c1-8(2)17-13(18)12(14)10(7-15-17)16-9-5-4-6-11(9)19-3/h7-9,11,16H,4-6H2,1-3H3. The van der Waals surface area contributed by atoms with Crippen molar-refractivity contribution in [2.45, 2.75) is 50.4 Å². The molecule has 2 rings (SSSR count). The Labute approximate surface area is 126 Å². The molecule has 19 heavy (non-hydrogen) atoms. The fourth-order valence-electron chi connectivity index (χ4n) is 2.49. The third-order valence-corrected chi connectivity index (χ3v) is 5.46. The minimum Gasteiger partial charge on any atom is -0.379 e. The molecule has 1 aliphatic rings. The van der Waals surface area contributed by atoms with Crippen LogP contribution in [0.15, 0.2) is 15.5 Å². The second-order valence-electron chi connectivity index (χ2n) is 5.17. The maximum atomic E-state index is 12.2. The number of halogens is 1. The molecule has 1 aliphatic carbocycles. The van der Waals surface area contributed by atoms with Gasteiger partial charge >= 0.3 is 0 Å². The second kappa shape index (κ2) is 6.31. The summed E-state index contributed by atoms with van der Waals surface area (Å²) in [5.41, 5.74) is 0.742. The third-order valence-electron chi connectivity index (χ3n) is 3.53. The summed E-state index contributed by atoms with van der Waals surface area (Å²) in [4.78, 5) is 12.2. The van der Waals surface area contributed by atoms with Crippen LogP contribution in [0.25, 0.3) is 0 Å². The molecule has 0 aliphatic heterocycles. The van der Waals surface area contributed by atoms with Crippen LogP contribution in [-0.4, -0.2) is 27.3 Å². The summed E-state index contributed by atoms with van der Waals surface area (Å²) in [7, 11) is 0. The number of thioether (sulfide) groups is 1. The van der Waals surface area contributed by atoms with E-state index in [2.05, 4.69) is 32.6 Å². The Kier molecular flexibility index (Phi) is 4.95. The number of nitrogens with zero attached hydrogens (tertiary/aromatic N) is 2. The van der Waals surface area contributed by atoms with Crippen LogP contribution in [0.2, 0.25) is 0 Å². The molecule has 0 bridgehead atoms. The Morgan fingerprint density at radius 3 is 2.89 bits per heavy atom. The largest absolute Gasteiger partial charge is 0.379 e. The summed E-state index contributed by atoms with van der Waals surface area (Å²) in [6, 6.07) is 0.505. The Bertz CT molecular complexity index is 503. The molecule has 1 N–H and O–H groups in total. The molecule has 0 saturated heterocycles. The van der Waals surface area contributed by atoms with Gasteiger partial charge in [0.25, 0.3) is 5.56 Å². The Balaban J connectivity index is 2.22. The molecular formula is C13H20BrN3OS. The number of rotatable bonds is 4. The van der Waals surface area contributed by atoms with Gasteiger partial charge in [0, 0.05) is 11.3 Å². The monoisotopic (exact) mass is 345 g/mol. The lowest BCUT2D eigenvalue weighted by molar-refractivity contribution is 0.500. The predicted octanol–water partition coefficient (Wildman–Crippen LogP) is 3.28. The summed E-state index contributed by atoms with van der Waals surface area (Å²) >= 11 is 5.30. The van der Waals surface area contributed by atoms with Crippen molar-refractivity contribution in [3.8, 4) is 0 Å². The fraction of sp³-hybridized carbons (Fsp3) is 0.692. The quantitative estimate of drug-likeness (QED) is 0.909. The average molecular weight is 346 g/mol. The Morgan fingerprint density at radius 2 is 2.26 bits per heavy atom. The van der Waals surface area contributed by atoms with Crippen molar-refractivity contribution >= 4 is 33.4 Å². The van der Waals surface area contributed by atoms with E-state index < -0.39 is 0 Å². The van der Waals surface area contributed by atoms with Crippen LogP contribution in [-0.2, 0) is 0 Å². The van der Waals surface area contributed by atoms with Crippen LogP contribution in [0, 0.1) is 0 Å². The van der Waals surface area contributed by atoms with Gasteiger partial charge in [0.15, 0.2) is 0 Å². The Hall–Kier alpha value is -0.490. The molecule has 1 aromatic heterocycles. The summed E-state index contributed by atoms with van der Waals surface area (Å²) in [6.07, 6.45) is 7.55. The van der Waals surface area contributed by atoms with Gasteiger partial charge in [0.05, 0.1) is 17.9 Å². The lowest BCUT2D eigenvalue weighted by Gasteiger charge is -2.21. The van der Waals surface area contributed by atoms with Gasteiger partial charge in [0.2, 0.25) is 0 Å². The summed E-state index contributed by atoms with van der Waals surface area (Å²) in [5.74, 6) is 0. The number of aromatic nitrogens is 2. The van der Waals surface area contributed by atoms with Gasteiger partial charge in [-0.2, -0.15) is 16.9 Å². The van der Waals surface area contributed by atoms with Crippen molar-refractivity contribution in [3.63, 3.8) is 0 Å². The second-order valence-corrected chi connectivity index (χ2v) is 7.04. The molecule has 0 radical (unpaired) electrons. The normalized spacial score (nSPS) is 23.0. The zero-order valence-electron chi connectivity index (χ0n) is 11.5. The summed E-state index contributed by atoms with van der Waals surface area (Å²) < 4.78 is 2.08. The van der Waals surface area contributed by atoms with E-state index in [0.29, 0.717) is 15.8 Å². The zero-order chi connectivity index (χ0) is 14.0. The van der Waals surface area contributed by atoms with Gasteiger partial charge in [-0.25, -0.2) is 4.68 Å². The highest BCUT2D eigenvalue weighted by molar-refractivity contribution is 9.10. The fourth-order valence-corrected chi connectivity index (χ4v) is 3.82. The van der Waals surface area contributed by atoms with Gasteiger partial charge in [0.1, 0.15) is 4.47 Å². The molecule has 6 heteroatoms.